The first kappa shape index (κ1) is 13.9. The zero-order chi connectivity index (χ0) is 14.1. The van der Waals surface area contributed by atoms with Crippen molar-refractivity contribution >= 4 is 27.4 Å². The monoisotopic (exact) mass is 274 g/mol. The molecule has 0 spiro atoms. The number of benzene rings is 1. The Morgan fingerprint density at radius 3 is 2.39 bits per heavy atom. The fourth-order valence-electron chi connectivity index (χ4n) is 1.33. The van der Waals surface area contributed by atoms with Crippen LogP contribution in [-0.2, 0) is 10.0 Å². The third kappa shape index (κ3) is 3.17. The molecule has 1 aromatic carbocycles. The second-order valence-corrected chi connectivity index (χ2v) is 5.35. The maximum Gasteiger partial charge on any atom is 0.336 e. The molecule has 1 rings (SSSR count). The van der Waals surface area contributed by atoms with E-state index in [1.165, 1.54) is 6.92 Å². The molecular formula is C9H10N2O6S. The molecule has 18 heavy (non-hydrogen) atoms. The summed E-state index contributed by atoms with van der Waals surface area (Å²) in [7, 11) is -3.65. The Balaban J connectivity index is 3.50. The molecule has 2 N–H and O–H groups in total. The molecule has 0 aliphatic carbocycles. The van der Waals surface area contributed by atoms with E-state index in [0.717, 1.165) is 18.4 Å². The first-order valence-electron chi connectivity index (χ1n) is 4.62. The molecule has 0 aromatic heterocycles. The van der Waals surface area contributed by atoms with Crippen molar-refractivity contribution in [1.29, 1.82) is 0 Å². The van der Waals surface area contributed by atoms with E-state index in [4.69, 9.17) is 5.11 Å². The predicted octanol–water partition coefficient (Wildman–Crippen LogP) is 0.973. The van der Waals surface area contributed by atoms with Gasteiger partial charge in [-0.1, -0.05) is 0 Å². The van der Waals surface area contributed by atoms with Crippen LogP contribution in [-0.4, -0.2) is 30.7 Å². The summed E-state index contributed by atoms with van der Waals surface area (Å²) in [5.74, 6) is -1.37. The number of carboxylic acid groups (broad SMARTS) is 1. The van der Waals surface area contributed by atoms with Crippen LogP contribution in [0.2, 0.25) is 0 Å². The van der Waals surface area contributed by atoms with Crippen molar-refractivity contribution in [3.63, 3.8) is 0 Å². The highest BCUT2D eigenvalue weighted by molar-refractivity contribution is 7.92. The van der Waals surface area contributed by atoms with Crippen LogP contribution in [0.15, 0.2) is 12.1 Å². The molecule has 9 heteroatoms. The maximum atomic E-state index is 11.1. The van der Waals surface area contributed by atoms with Gasteiger partial charge < -0.3 is 5.11 Å². The average molecular weight is 274 g/mol. The minimum absolute atomic E-state index is 0.110. The van der Waals surface area contributed by atoms with Gasteiger partial charge >= 0.3 is 5.97 Å². The Morgan fingerprint density at radius 1 is 1.44 bits per heavy atom. The lowest BCUT2D eigenvalue weighted by Gasteiger charge is -2.09. The lowest BCUT2D eigenvalue weighted by molar-refractivity contribution is -0.384. The Morgan fingerprint density at radius 2 is 2.00 bits per heavy atom. The number of nitro benzene ring substituents is 1. The fourth-order valence-corrected chi connectivity index (χ4v) is 1.94. The molecule has 0 saturated carbocycles. The van der Waals surface area contributed by atoms with Crippen molar-refractivity contribution in [2.45, 2.75) is 6.92 Å². The number of hydrogen-bond donors (Lipinski definition) is 2. The Hall–Kier alpha value is -2.16. The lowest BCUT2D eigenvalue weighted by atomic mass is 10.1. The average Bonchev–Trinajstić information content (AvgIpc) is 2.18. The number of carboxylic acids is 1. The molecule has 8 nitrogen and oxygen atoms in total. The van der Waals surface area contributed by atoms with E-state index >= 15 is 0 Å². The highest BCUT2D eigenvalue weighted by Gasteiger charge is 2.19. The molecule has 0 atom stereocenters. The molecule has 0 saturated heterocycles. The van der Waals surface area contributed by atoms with Gasteiger partial charge in [0.2, 0.25) is 10.0 Å². The largest absolute Gasteiger partial charge is 0.478 e. The summed E-state index contributed by atoms with van der Waals surface area (Å²) in [6.45, 7) is 1.36. The van der Waals surface area contributed by atoms with Gasteiger partial charge in [-0.15, -0.1) is 0 Å². The highest BCUT2D eigenvalue weighted by atomic mass is 32.2. The molecule has 0 aliphatic rings. The van der Waals surface area contributed by atoms with Gasteiger partial charge in [0.25, 0.3) is 5.69 Å². The van der Waals surface area contributed by atoms with E-state index in [1.54, 1.807) is 0 Å². The number of nitrogens with zero attached hydrogens (tertiary/aromatic N) is 1. The third-order valence-corrected chi connectivity index (χ3v) is 2.72. The van der Waals surface area contributed by atoms with Gasteiger partial charge in [0.1, 0.15) is 0 Å². The van der Waals surface area contributed by atoms with Crippen molar-refractivity contribution in [2.75, 3.05) is 11.0 Å². The van der Waals surface area contributed by atoms with Crippen LogP contribution < -0.4 is 4.72 Å². The predicted molar refractivity (Wildman–Crippen MR) is 63.3 cm³/mol. The van der Waals surface area contributed by atoms with Crippen LogP contribution in [0.5, 0.6) is 0 Å². The van der Waals surface area contributed by atoms with Gasteiger partial charge in [-0.25, -0.2) is 13.2 Å². The zero-order valence-corrected chi connectivity index (χ0v) is 10.3. The van der Waals surface area contributed by atoms with Crippen molar-refractivity contribution < 1.29 is 23.2 Å². The number of nitrogens with one attached hydrogen (secondary N) is 1. The van der Waals surface area contributed by atoms with Crippen molar-refractivity contribution in [3.8, 4) is 0 Å². The molecule has 0 bridgehead atoms. The number of aromatic carboxylic acids is 1. The second kappa shape index (κ2) is 4.61. The van der Waals surface area contributed by atoms with Gasteiger partial charge in [-0.05, 0) is 12.5 Å². The van der Waals surface area contributed by atoms with Crippen molar-refractivity contribution in [1.82, 2.24) is 0 Å². The summed E-state index contributed by atoms with van der Waals surface area (Å²) in [6, 6.07) is 1.86. The third-order valence-electron chi connectivity index (χ3n) is 2.13. The molecular weight excluding hydrogens is 264 g/mol. The van der Waals surface area contributed by atoms with Crippen molar-refractivity contribution in [3.05, 3.63) is 33.4 Å². The fraction of sp³-hybridized carbons (Fsp3) is 0.222. The van der Waals surface area contributed by atoms with E-state index in [1.807, 2.05) is 4.72 Å². The number of non-ortho nitro benzene ring substituents is 1. The summed E-state index contributed by atoms with van der Waals surface area (Å²) in [5.41, 5.74) is -0.831. The van der Waals surface area contributed by atoms with Crippen LogP contribution in [0.4, 0.5) is 11.4 Å². The summed E-state index contributed by atoms with van der Waals surface area (Å²) >= 11 is 0. The first-order valence-corrected chi connectivity index (χ1v) is 6.51. The smallest absolute Gasteiger partial charge is 0.336 e. The van der Waals surface area contributed by atoms with Gasteiger partial charge in [0.05, 0.1) is 22.4 Å². The molecule has 0 heterocycles. The van der Waals surface area contributed by atoms with E-state index in [2.05, 4.69) is 0 Å². The Bertz CT molecular complexity index is 622. The van der Waals surface area contributed by atoms with Gasteiger partial charge in [-0.3, -0.25) is 14.8 Å². The minimum atomic E-state index is -3.65. The maximum absolute atomic E-state index is 11.1. The molecule has 0 radical (unpaired) electrons. The quantitative estimate of drug-likeness (QED) is 0.622. The van der Waals surface area contributed by atoms with Gasteiger partial charge in [0, 0.05) is 12.1 Å². The summed E-state index contributed by atoms with van der Waals surface area (Å²) in [6.07, 6.45) is 0.867. The Labute approximate surface area is 102 Å². The van der Waals surface area contributed by atoms with Gasteiger partial charge in [-0.2, -0.15) is 0 Å². The molecule has 0 fully saturated rings. The number of sulfonamides is 1. The lowest BCUT2D eigenvalue weighted by Crippen LogP contribution is -2.13. The molecule has 0 unspecified atom stereocenters. The zero-order valence-electron chi connectivity index (χ0n) is 9.50. The molecule has 98 valence electrons. The Kier molecular flexibility index (Phi) is 3.56. The highest BCUT2D eigenvalue weighted by Crippen LogP contribution is 2.26. The van der Waals surface area contributed by atoms with E-state index in [0.29, 0.717) is 0 Å². The van der Waals surface area contributed by atoms with Crippen LogP contribution in [0.1, 0.15) is 15.9 Å². The molecule has 0 amide bonds. The van der Waals surface area contributed by atoms with Crippen molar-refractivity contribution in [2.24, 2.45) is 0 Å². The topological polar surface area (TPSA) is 127 Å². The van der Waals surface area contributed by atoms with Crippen LogP contribution in [0, 0.1) is 17.0 Å². The number of hydrogen-bond acceptors (Lipinski definition) is 5. The minimum Gasteiger partial charge on any atom is -0.478 e. The summed E-state index contributed by atoms with van der Waals surface area (Å²) < 4.78 is 24.2. The van der Waals surface area contributed by atoms with Gasteiger partial charge in [0.15, 0.2) is 0 Å². The van der Waals surface area contributed by atoms with E-state index < -0.39 is 26.6 Å². The molecule has 1 aromatic rings. The molecule has 0 aliphatic heterocycles. The van der Waals surface area contributed by atoms with Crippen LogP contribution >= 0.6 is 0 Å². The van der Waals surface area contributed by atoms with E-state index in [-0.39, 0.29) is 16.8 Å². The first-order chi connectivity index (χ1) is 8.11. The standard InChI is InChI=1S/C9H10N2O6S/c1-5-7(9(12)13)3-6(11(14)15)4-8(5)10-18(2,16)17/h3-4,10H,1-2H3,(H,12,13). The SMILES string of the molecule is Cc1c(NS(C)(=O)=O)cc([N+](=O)[O-])cc1C(=O)O. The number of carbonyl (C=O) groups is 1. The van der Waals surface area contributed by atoms with E-state index in [9.17, 15) is 23.3 Å². The van der Waals surface area contributed by atoms with Crippen LogP contribution in [0.3, 0.4) is 0 Å². The number of rotatable bonds is 4. The number of anilines is 1. The summed E-state index contributed by atoms with van der Waals surface area (Å²) in [5, 5.41) is 19.5. The normalized spacial score (nSPS) is 11.0. The van der Waals surface area contributed by atoms with Crippen LogP contribution in [0.25, 0.3) is 0 Å². The second-order valence-electron chi connectivity index (χ2n) is 3.60. The summed E-state index contributed by atoms with van der Waals surface area (Å²) in [4.78, 5) is 20.8. The number of nitro groups is 1.